The molecule has 40 heavy (non-hydrogen) atoms. The van der Waals surface area contributed by atoms with Crippen LogP contribution < -0.4 is 15.4 Å². The number of benzene rings is 1. The highest BCUT2D eigenvalue weighted by atomic mass is 32.2. The van der Waals surface area contributed by atoms with Crippen LogP contribution in [0.3, 0.4) is 0 Å². The summed E-state index contributed by atoms with van der Waals surface area (Å²) in [6, 6.07) is 9.17. The topological polar surface area (TPSA) is 150 Å². The highest BCUT2D eigenvalue weighted by Gasteiger charge is 2.42. The van der Waals surface area contributed by atoms with E-state index in [0.29, 0.717) is 34.2 Å². The van der Waals surface area contributed by atoms with Crippen LogP contribution in [0.2, 0.25) is 0 Å². The van der Waals surface area contributed by atoms with Crippen molar-refractivity contribution in [2.45, 2.75) is 37.0 Å². The van der Waals surface area contributed by atoms with E-state index in [0.717, 1.165) is 6.20 Å². The van der Waals surface area contributed by atoms with Gasteiger partial charge in [-0.3, -0.25) is 9.59 Å². The Morgan fingerprint density at radius 2 is 1.77 bits per heavy atom. The maximum Gasteiger partial charge on any atom is 0.491 e. The van der Waals surface area contributed by atoms with Gasteiger partial charge in [0.25, 0.3) is 0 Å². The number of amides is 2. The third kappa shape index (κ3) is 8.56. The van der Waals surface area contributed by atoms with Crippen LogP contribution in [0.25, 0.3) is 11.3 Å². The molecule has 2 N–H and O–H groups in total. The van der Waals surface area contributed by atoms with Crippen LogP contribution in [-0.4, -0.2) is 58.3 Å². The van der Waals surface area contributed by atoms with Crippen molar-refractivity contribution < 1.29 is 46.2 Å². The number of anilines is 1. The molecule has 2 heterocycles. The maximum absolute atomic E-state index is 12.5. The van der Waals surface area contributed by atoms with Crippen molar-refractivity contribution in [1.82, 2.24) is 15.3 Å². The van der Waals surface area contributed by atoms with E-state index in [4.69, 9.17) is 9.15 Å². The number of oxazole rings is 1. The van der Waals surface area contributed by atoms with Gasteiger partial charge in [-0.05, 0) is 44.5 Å². The number of nitrogens with one attached hydrogen (secondary N) is 2. The Morgan fingerprint density at radius 3 is 2.40 bits per heavy atom. The number of pyridine rings is 1. The van der Waals surface area contributed by atoms with Crippen molar-refractivity contribution in [3.8, 4) is 17.4 Å². The fraction of sp³-hybridized carbons (Fsp3) is 0.280. The molecule has 11 nitrogen and oxygen atoms in total. The smallest absolute Gasteiger partial charge is 0.454 e. The molecule has 15 heteroatoms. The monoisotopic (exact) mass is 580 g/mol. The molecule has 3 rings (SSSR count). The molecule has 2 amide bonds. The zero-order chi connectivity index (χ0) is 29.5. The van der Waals surface area contributed by atoms with E-state index in [-0.39, 0.29) is 11.6 Å². The molecule has 0 saturated carbocycles. The average molecular weight is 581 g/mol. The SMILES string of the molecule is COc1ncc(-c2cccc(NC(=O)C(=O)NC(C)(C)CCSc3ccc(C(=O)OC(=O)C(F)(F)F)cn3)c2)o1. The zero-order valence-electron chi connectivity index (χ0n) is 21.3. The number of methoxy groups -OCH3 is 1. The fourth-order valence-electron chi connectivity index (χ4n) is 3.05. The number of rotatable bonds is 9. The van der Waals surface area contributed by atoms with Gasteiger partial charge in [-0.2, -0.15) is 18.2 Å². The summed E-state index contributed by atoms with van der Waals surface area (Å²) in [6.45, 7) is 3.45. The van der Waals surface area contributed by atoms with Gasteiger partial charge in [-0.25, -0.2) is 14.6 Å². The molecule has 0 aliphatic heterocycles. The Labute approximate surface area is 229 Å². The molecule has 0 radical (unpaired) electrons. The summed E-state index contributed by atoms with van der Waals surface area (Å²) in [7, 11) is 1.41. The Kier molecular flexibility index (Phi) is 9.52. The summed E-state index contributed by atoms with van der Waals surface area (Å²) in [4.78, 5) is 55.3. The molecule has 0 fully saturated rings. The van der Waals surface area contributed by atoms with Gasteiger partial charge in [0, 0.05) is 28.7 Å². The van der Waals surface area contributed by atoms with Gasteiger partial charge in [0.15, 0.2) is 5.76 Å². The number of hydrogen-bond acceptors (Lipinski definition) is 10. The molecule has 1 aromatic carbocycles. The van der Waals surface area contributed by atoms with Crippen LogP contribution in [0.1, 0.15) is 30.6 Å². The molecular formula is C25H23F3N4O7S. The minimum atomic E-state index is -5.29. The first-order chi connectivity index (χ1) is 18.8. The first kappa shape index (κ1) is 30.1. The molecule has 0 saturated heterocycles. The minimum Gasteiger partial charge on any atom is -0.454 e. The number of carbonyl (C=O) groups is 4. The third-order valence-electron chi connectivity index (χ3n) is 5.09. The van der Waals surface area contributed by atoms with Crippen LogP contribution in [0.5, 0.6) is 6.08 Å². The highest BCUT2D eigenvalue weighted by molar-refractivity contribution is 7.99. The lowest BCUT2D eigenvalue weighted by Crippen LogP contribution is -2.48. The summed E-state index contributed by atoms with van der Waals surface area (Å²) >= 11 is 1.24. The van der Waals surface area contributed by atoms with E-state index in [1.807, 2.05) is 0 Å². The van der Waals surface area contributed by atoms with Gasteiger partial charge in [-0.15, -0.1) is 11.8 Å². The van der Waals surface area contributed by atoms with Crippen molar-refractivity contribution in [3.05, 3.63) is 54.4 Å². The van der Waals surface area contributed by atoms with Crippen LogP contribution in [0.4, 0.5) is 18.9 Å². The molecule has 0 aliphatic rings. The maximum atomic E-state index is 12.5. The molecule has 0 spiro atoms. The van der Waals surface area contributed by atoms with Gasteiger partial charge >= 0.3 is 36.0 Å². The van der Waals surface area contributed by atoms with E-state index >= 15 is 0 Å². The van der Waals surface area contributed by atoms with Crippen molar-refractivity contribution in [2.24, 2.45) is 0 Å². The quantitative estimate of drug-likeness (QED) is 0.165. The number of halogens is 3. The number of hydrogen-bond donors (Lipinski definition) is 2. The fourth-order valence-corrected chi connectivity index (χ4v) is 4.16. The van der Waals surface area contributed by atoms with E-state index in [1.54, 1.807) is 38.1 Å². The normalized spacial score (nSPS) is 11.4. The number of aromatic nitrogens is 2. The van der Waals surface area contributed by atoms with E-state index in [1.165, 1.54) is 37.2 Å². The second-order valence-electron chi connectivity index (χ2n) is 8.73. The first-order valence-corrected chi connectivity index (χ1v) is 12.4. The number of thioether (sulfide) groups is 1. The summed E-state index contributed by atoms with van der Waals surface area (Å²) < 4.78 is 50.8. The van der Waals surface area contributed by atoms with Crippen molar-refractivity contribution >= 4 is 41.2 Å². The van der Waals surface area contributed by atoms with Crippen LogP contribution in [0.15, 0.2) is 58.2 Å². The lowest BCUT2D eigenvalue weighted by molar-refractivity contribution is -0.193. The molecular weight excluding hydrogens is 557 g/mol. The number of ether oxygens (including phenoxy) is 2. The van der Waals surface area contributed by atoms with E-state index in [2.05, 4.69) is 25.3 Å². The average Bonchev–Trinajstić information content (AvgIpc) is 3.38. The van der Waals surface area contributed by atoms with Gasteiger partial charge in [0.05, 0.1) is 23.9 Å². The Hall–Kier alpha value is -4.40. The predicted molar refractivity (Wildman–Crippen MR) is 135 cm³/mol. The number of nitrogens with zero attached hydrogens (tertiary/aromatic N) is 2. The minimum absolute atomic E-state index is 0.0826. The summed E-state index contributed by atoms with van der Waals surface area (Å²) in [5.41, 5.74) is -0.143. The number of alkyl halides is 3. The number of carbonyl (C=O) groups excluding carboxylic acids is 4. The first-order valence-electron chi connectivity index (χ1n) is 11.4. The summed E-state index contributed by atoms with van der Waals surface area (Å²) in [5.74, 6) is -4.97. The van der Waals surface area contributed by atoms with Gasteiger partial charge in [0.2, 0.25) is 0 Å². The Morgan fingerprint density at radius 1 is 1.02 bits per heavy atom. The largest absolute Gasteiger partial charge is 0.491 e. The lowest BCUT2D eigenvalue weighted by atomic mass is 10.0. The molecule has 2 aromatic heterocycles. The second-order valence-corrected chi connectivity index (χ2v) is 9.84. The molecule has 212 valence electrons. The standard InChI is InChI=1S/C25H23F3N4O7S/c1-24(2,9-10-40-18-8-7-15(12-29-18)21(35)39-22(36)25(26,27)28)32-20(34)19(33)31-16-6-4-5-14(11-16)17-13-30-23(37-3)38-17/h4-8,11-13H,9-10H2,1-3H3,(H,31,33)(H,32,34). The predicted octanol–water partition coefficient (Wildman–Crippen LogP) is 4.01. The lowest BCUT2D eigenvalue weighted by Gasteiger charge is -2.25. The number of esters is 2. The van der Waals surface area contributed by atoms with E-state index in [9.17, 15) is 32.3 Å². The molecule has 0 aliphatic carbocycles. The summed E-state index contributed by atoms with van der Waals surface area (Å²) in [5, 5.41) is 5.62. The molecule has 0 unspecified atom stereocenters. The second kappa shape index (κ2) is 12.6. The Balaban J connectivity index is 1.48. The van der Waals surface area contributed by atoms with Gasteiger partial charge < -0.3 is 24.5 Å². The van der Waals surface area contributed by atoms with Crippen LogP contribution in [0, 0.1) is 0 Å². The van der Waals surface area contributed by atoms with Crippen molar-refractivity contribution in [1.29, 1.82) is 0 Å². The molecule has 0 atom stereocenters. The van der Waals surface area contributed by atoms with Crippen LogP contribution >= 0.6 is 11.8 Å². The third-order valence-corrected chi connectivity index (χ3v) is 6.03. The summed E-state index contributed by atoms with van der Waals surface area (Å²) in [6.07, 6.45) is -2.35. The van der Waals surface area contributed by atoms with Crippen molar-refractivity contribution in [3.63, 3.8) is 0 Å². The van der Waals surface area contributed by atoms with Gasteiger partial charge in [-0.1, -0.05) is 12.1 Å². The molecule has 3 aromatic rings. The van der Waals surface area contributed by atoms with Crippen LogP contribution in [-0.2, 0) is 19.1 Å². The van der Waals surface area contributed by atoms with E-state index < -0.39 is 35.5 Å². The highest BCUT2D eigenvalue weighted by Crippen LogP contribution is 2.26. The zero-order valence-corrected chi connectivity index (χ0v) is 22.1. The Bertz CT molecular complexity index is 1390. The molecule has 0 bridgehead atoms. The van der Waals surface area contributed by atoms with Crippen molar-refractivity contribution in [2.75, 3.05) is 18.2 Å². The van der Waals surface area contributed by atoms with Gasteiger partial charge in [0.1, 0.15) is 0 Å².